The first kappa shape index (κ1) is 19.1. The summed E-state index contributed by atoms with van der Waals surface area (Å²) < 4.78 is 13.7. The van der Waals surface area contributed by atoms with Gasteiger partial charge >= 0.3 is 0 Å². The largest absolute Gasteiger partial charge is 0.506 e. The summed E-state index contributed by atoms with van der Waals surface area (Å²) in [5.74, 6) is -1.52. The SMILES string of the molecule is O=C(CC(=O)Nc1ccc(F)cc1)NN=Cc1cc(Br)c(O)c(Br)c1. The van der Waals surface area contributed by atoms with Gasteiger partial charge in [-0.2, -0.15) is 5.10 Å². The Morgan fingerprint density at radius 2 is 1.72 bits per heavy atom. The van der Waals surface area contributed by atoms with E-state index in [-0.39, 0.29) is 5.75 Å². The van der Waals surface area contributed by atoms with Crippen LogP contribution in [0.25, 0.3) is 0 Å². The number of anilines is 1. The fraction of sp³-hybridized carbons (Fsp3) is 0.0625. The van der Waals surface area contributed by atoms with Crippen molar-refractivity contribution in [1.82, 2.24) is 5.43 Å². The minimum Gasteiger partial charge on any atom is -0.506 e. The predicted molar refractivity (Wildman–Crippen MR) is 98.9 cm³/mol. The molecule has 130 valence electrons. The van der Waals surface area contributed by atoms with Crippen molar-refractivity contribution in [2.24, 2.45) is 5.10 Å². The minimum atomic E-state index is -0.604. The van der Waals surface area contributed by atoms with Crippen LogP contribution in [0.4, 0.5) is 10.1 Å². The molecule has 9 heteroatoms. The van der Waals surface area contributed by atoms with Crippen molar-refractivity contribution in [3.8, 4) is 5.75 Å². The molecule has 2 aromatic rings. The van der Waals surface area contributed by atoms with Crippen molar-refractivity contribution in [1.29, 1.82) is 0 Å². The van der Waals surface area contributed by atoms with Gasteiger partial charge in [0, 0.05) is 5.69 Å². The first-order chi connectivity index (χ1) is 11.8. The molecule has 0 saturated carbocycles. The minimum absolute atomic E-state index is 0.0543. The van der Waals surface area contributed by atoms with E-state index < -0.39 is 24.1 Å². The first-order valence-electron chi connectivity index (χ1n) is 6.90. The fourth-order valence-electron chi connectivity index (χ4n) is 1.76. The Kier molecular flexibility index (Phi) is 6.65. The number of hydrazone groups is 1. The number of aromatic hydroxyl groups is 1. The van der Waals surface area contributed by atoms with Gasteiger partial charge in [0.05, 0.1) is 15.2 Å². The summed E-state index contributed by atoms with van der Waals surface area (Å²) in [7, 11) is 0. The summed E-state index contributed by atoms with van der Waals surface area (Å²) in [6.45, 7) is 0. The van der Waals surface area contributed by atoms with Crippen molar-refractivity contribution >= 4 is 55.6 Å². The van der Waals surface area contributed by atoms with Gasteiger partial charge < -0.3 is 10.4 Å². The molecular weight excluding hydrogens is 461 g/mol. The molecule has 0 radical (unpaired) electrons. The van der Waals surface area contributed by atoms with Crippen LogP contribution in [0.2, 0.25) is 0 Å². The summed E-state index contributed by atoms with van der Waals surface area (Å²) in [6, 6.07) is 8.41. The van der Waals surface area contributed by atoms with Crippen LogP contribution >= 0.6 is 31.9 Å². The number of hydrogen-bond acceptors (Lipinski definition) is 4. The molecule has 2 amide bonds. The Morgan fingerprint density at radius 3 is 2.32 bits per heavy atom. The normalized spacial score (nSPS) is 10.7. The van der Waals surface area contributed by atoms with Gasteiger partial charge in [0.1, 0.15) is 18.0 Å². The topological polar surface area (TPSA) is 90.8 Å². The average Bonchev–Trinajstić information content (AvgIpc) is 2.54. The lowest BCUT2D eigenvalue weighted by atomic mass is 10.2. The summed E-state index contributed by atoms with van der Waals surface area (Å²) in [6.07, 6.45) is 0.933. The maximum Gasteiger partial charge on any atom is 0.249 e. The number of carbonyl (C=O) groups is 2. The lowest BCUT2D eigenvalue weighted by Crippen LogP contribution is -2.24. The zero-order chi connectivity index (χ0) is 18.4. The lowest BCUT2D eigenvalue weighted by Gasteiger charge is -2.04. The highest BCUT2D eigenvalue weighted by Crippen LogP contribution is 2.32. The molecule has 0 bridgehead atoms. The number of nitrogens with one attached hydrogen (secondary N) is 2. The molecule has 0 aromatic heterocycles. The van der Waals surface area contributed by atoms with Crippen LogP contribution in [-0.4, -0.2) is 23.1 Å². The van der Waals surface area contributed by atoms with Crippen LogP contribution in [0.1, 0.15) is 12.0 Å². The van der Waals surface area contributed by atoms with Crippen molar-refractivity contribution in [3.05, 3.63) is 56.7 Å². The number of benzene rings is 2. The highest BCUT2D eigenvalue weighted by Gasteiger charge is 2.09. The smallest absolute Gasteiger partial charge is 0.249 e. The van der Waals surface area contributed by atoms with Crippen molar-refractivity contribution < 1.29 is 19.1 Å². The van der Waals surface area contributed by atoms with Crippen LogP contribution in [0.5, 0.6) is 5.75 Å². The van der Waals surface area contributed by atoms with E-state index in [1.54, 1.807) is 12.1 Å². The molecule has 3 N–H and O–H groups in total. The van der Waals surface area contributed by atoms with Gasteiger partial charge in [0.2, 0.25) is 11.8 Å². The second-order valence-electron chi connectivity index (χ2n) is 4.86. The van der Waals surface area contributed by atoms with E-state index in [4.69, 9.17) is 0 Å². The molecule has 0 aliphatic carbocycles. The molecule has 2 rings (SSSR count). The predicted octanol–water partition coefficient (Wildman–Crippen LogP) is 3.54. The molecule has 0 unspecified atom stereocenters. The number of phenols is 1. The number of carbonyl (C=O) groups excluding carboxylic acids is 2. The van der Waals surface area contributed by atoms with E-state index in [2.05, 4.69) is 47.7 Å². The molecule has 25 heavy (non-hydrogen) atoms. The first-order valence-corrected chi connectivity index (χ1v) is 8.49. The van der Waals surface area contributed by atoms with E-state index >= 15 is 0 Å². The summed E-state index contributed by atoms with van der Waals surface area (Å²) in [5, 5.41) is 15.8. The van der Waals surface area contributed by atoms with E-state index in [1.807, 2.05) is 0 Å². The highest BCUT2D eigenvalue weighted by molar-refractivity contribution is 9.11. The Balaban J connectivity index is 1.85. The standard InChI is InChI=1S/C16H12Br2FN3O3/c17-12-5-9(6-13(18)16(12)25)8-20-22-15(24)7-14(23)21-11-3-1-10(19)2-4-11/h1-6,8,25H,7H2,(H,21,23)(H,22,24). The van der Waals surface area contributed by atoms with Crippen LogP contribution < -0.4 is 10.7 Å². The summed E-state index contributed by atoms with van der Waals surface area (Å²) >= 11 is 6.36. The van der Waals surface area contributed by atoms with Crippen molar-refractivity contribution in [2.75, 3.05) is 5.32 Å². The summed E-state index contributed by atoms with van der Waals surface area (Å²) in [5.41, 5.74) is 3.24. The van der Waals surface area contributed by atoms with Gasteiger partial charge in [0.15, 0.2) is 0 Å². The van der Waals surface area contributed by atoms with Gasteiger partial charge in [-0.15, -0.1) is 0 Å². The van der Waals surface area contributed by atoms with Crippen molar-refractivity contribution in [2.45, 2.75) is 6.42 Å². The average molecular weight is 473 g/mol. The molecule has 6 nitrogen and oxygen atoms in total. The second-order valence-corrected chi connectivity index (χ2v) is 6.57. The Morgan fingerprint density at radius 1 is 1.12 bits per heavy atom. The third-order valence-electron chi connectivity index (χ3n) is 2.89. The Hall–Kier alpha value is -2.26. The third kappa shape index (κ3) is 5.95. The Bertz CT molecular complexity index is 803. The molecule has 0 heterocycles. The third-order valence-corrected chi connectivity index (χ3v) is 4.10. The van der Waals surface area contributed by atoms with Gasteiger partial charge in [0.25, 0.3) is 0 Å². The van der Waals surface area contributed by atoms with E-state index in [0.717, 1.165) is 0 Å². The van der Waals surface area contributed by atoms with E-state index in [9.17, 15) is 19.1 Å². The van der Waals surface area contributed by atoms with Crippen LogP contribution in [0, 0.1) is 5.82 Å². The molecular formula is C16H12Br2FN3O3. The fourth-order valence-corrected chi connectivity index (χ4v) is 2.98. The van der Waals surface area contributed by atoms with Gasteiger partial charge in [-0.05, 0) is 73.8 Å². The molecule has 0 aliphatic rings. The molecule has 0 aliphatic heterocycles. The number of amides is 2. The van der Waals surface area contributed by atoms with Crippen LogP contribution in [-0.2, 0) is 9.59 Å². The number of halogens is 3. The molecule has 2 aromatic carbocycles. The second kappa shape index (κ2) is 8.72. The number of phenolic OH excluding ortho intramolecular Hbond substituents is 1. The zero-order valence-corrected chi connectivity index (χ0v) is 15.8. The maximum atomic E-state index is 12.8. The Labute approximate surface area is 159 Å². The number of nitrogens with zero attached hydrogens (tertiary/aromatic N) is 1. The summed E-state index contributed by atoms with van der Waals surface area (Å²) in [4.78, 5) is 23.4. The molecule has 0 fully saturated rings. The van der Waals surface area contributed by atoms with Gasteiger partial charge in [-0.25, -0.2) is 9.82 Å². The number of rotatable bonds is 5. The monoisotopic (exact) mass is 471 g/mol. The van der Waals surface area contributed by atoms with Gasteiger partial charge in [-0.3, -0.25) is 9.59 Å². The molecule has 0 saturated heterocycles. The van der Waals surface area contributed by atoms with Crippen molar-refractivity contribution in [3.63, 3.8) is 0 Å². The lowest BCUT2D eigenvalue weighted by molar-refractivity contribution is -0.126. The number of hydrogen-bond donors (Lipinski definition) is 3. The van der Waals surface area contributed by atoms with Crippen LogP contribution in [0.15, 0.2) is 50.4 Å². The quantitative estimate of drug-likeness (QED) is 0.353. The maximum absolute atomic E-state index is 12.8. The molecule has 0 atom stereocenters. The van der Waals surface area contributed by atoms with Crippen LogP contribution in [0.3, 0.4) is 0 Å². The molecule has 0 spiro atoms. The highest BCUT2D eigenvalue weighted by atomic mass is 79.9. The van der Waals surface area contributed by atoms with E-state index in [0.29, 0.717) is 20.2 Å². The van der Waals surface area contributed by atoms with E-state index in [1.165, 1.54) is 30.5 Å². The van der Waals surface area contributed by atoms with Gasteiger partial charge in [-0.1, -0.05) is 0 Å². The zero-order valence-electron chi connectivity index (χ0n) is 12.6.